The van der Waals surface area contributed by atoms with E-state index in [1.54, 1.807) is 24.4 Å². The van der Waals surface area contributed by atoms with Crippen molar-refractivity contribution in [2.24, 2.45) is 0 Å². The van der Waals surface area contributed by atoms with Gasteiger partial charge in [-0.1, -0.05) is 12.1 Å². The van der Waals surface area contributed by atoms with E-state index < -0.39 is 11.8 Å². The Balaban J connectivity index is 2.07. The molecule has 0 fully saturated rings. The molecule has 2 aromatic rings. The molecule has 0 bridgehead atoms. The van der Waals surface area contributed by atoms with Crippen molar-refractivity contribution in [3.05, 3.63) is 45.7 Å². The van der Waals surface area contributed by atoms with Gasteiger partial charge >= 0.3 is 5.97 Å². The molecule has 0 atom stereocenters. The molecule has 0 aliphatic heterocycles. The second-order valence-electron chi connectivity index (χ2n) is 3.62. The van der Waals surface area contributed by atoms with Crippen LogP contribution in [-0.2, 0) is 6.61 Å². The minimum atomic E-state index is -1.08. The fourth-order valence-corrected chi connectivity index (χ4v) is 1.99. The normalized spacial score (nSPS) is 10.3. The summed E-state index contributed by atoms with van der Waals surface area (Å²) < 4.78 is 18.9. The predicted octanol–water partition coefficient (Wildman–Crippen LogP) is 2.87. The Bertz CT molecular complexity index is 582. The summed E-state index contributed by atoms with van der Waals surface area (Å²) in [5, 5.41) is 10.3. The topological polar surface area (TPSA) is 59.4 Å². The second-order valence-corrected chi connectivity index (χ2v) is 4.48. The van der Waals surface area contributed by atoms with Crippen molar-refractivity contribution in [3.8, 4) is 5.75 Å². The number of ether oxygens (including phenoxy) is 1. The van der Waals surface area contributed by atoms with Crippen molar-refractivity contribution in [2.45, 2.75) is 13.5 Å². The van der Waals surface area contributed by atoms with E-state index in [4.69, 9.17) is 9.84 Å². The van der Waals surface area contributed by atoms with Crippen molar-refractivity contribution in [1.29, 1.82) is 0 Å². The van der Waals surface area contributed by atoms with Gasteiger partial charge in [0.05, 0.1) is 5.69 Å². The van der Waals surface area contributed by atoms with Crippen molar-refractivity contribution in [1.82, 2.24) is 4.98 Å². The van der Waals surface area contributed by atoms with Crippen molar-refractivity contribution >= 4 is 17.3 Å². The molecular formula is C12H10FNO3S. The summed E-state index contributed by atoms with van der Waals surface area (Å²) in [5.41, 5.74) is 0.968. The van der Waals surface area contributed by atoms with E-state index in [2.05, 4.69) is 4.98 Å². The molecule has 1 aromatic heterocycles. The quantitative estimate of drug-likeness (QED) is 0.925. The number of aromatic carboxylic acids is 1. The Morgan fingerprint density at radius 1 is 1.56 bits per heavy atom. The lowest BCUT2D eigenvalue weighted by Crippen LogP contribution is -2.00. The van der Waals surface area contributed by atoms with Crippen LogP contribution in [0.3, 0.4) is 0 Å². The fourth-order valence-electron chi connectivity index (χ4n) is 1.36. The Hall–Kier alpha value is -1.95. The molecule has 1 aromatic carbocycles. The highest BCUT2D eigenvalue weighted by molar-refractivity contribution is 7.11. The number of thiazole rings is 1. The van der Waals surface area contributed by atoms with Crippen LogP contribution in [0.1, 0.15) is 21.1 Å². The van der Waals surface area contributed by atoms with Crippen LogP contribution in [-0.4, -0.2) is 16.1 Å². The number of aromatic nitrogens is 1. The number of benzene rings is 1. The lowest BCUT2D eigenvalue weighted by molar-refractivity contribution is 0.0696. The number of hydrogen-bond donors (Lipinski definition) is 1. The average molecular weight is 267 g/mol. The molecule has 1 N–H and O–H groups in total. The number of aryl methyl sites for hydroxylation is 1. The van der Waals surface area contributed by atoms with Crippen molar-refractivity contribution < 1.29 is 19.0 Å². The average Bonchev–Trinajstić information content (AvgIpc) is 2.80. The number of carbonyl (C=O) groups is 1. The monoisotopic (exact) mass is 267 g/mol. The van der Waals surface area contributed by atoms with Crippen LogP contribution in [0.2, 0.25) is 0 Å². The van der Waals surface area contributed by atoms with Gasteiger partial charge in [-0.25, -0.2) is 14.2 Å². The number of carboxylic acid groups (broad SMARTS) is 1. The third kappa shape index (κ3) is 2.65. The summed E-state index contributed by atoms with van der Waals surface area (Å²) in [6, 6.07) is 4.86. The number of carboxylic acids is 1. The first kappa shape index (κ1) is 12.5. The maximum Gasteiger partial charge on any atom is 0.365 e. The maximum atomic E-state index is 13.6. The standard InChI is InChI=1S/C12H10FNO3S/c1-7-3-2-4-9(10(7)13)17-5-8-6-18-11(14-8)12(15)16/h2-4,6H,5H2,1H3,(H,15,16). The van der Waals surface area contributed by atoms with Gasteiger partial charge < -0.3 is 9.84 Å². The molecule has 18 heavy (non-hydrogen) atoms. The van der Waals surface area contributed by atoms with Gasteiger partial charge in [0.15, 0.2) is 11.6 Å². The molecule has 2 rings (SSSR count). The molecule has 0 saturated heterocycles. The number of halogens is 1. The molecule has 4 nitrogen and oxygen atoms in total. The third-order valence-electron chi connectivity index (χ3n) is 2.27. The first-order valence-electron chi connectivity index (χ1n) is 5.13. The molecule has 6 heteroatoms. The summed E-state index contributed by atoms with van der Waals surface area (Å²) >= 11 is 1.02. The van der Waals surface area contributed by atoms with Gasteiger partial charge in [0.1, 0.15) is 6.61 Å². The molecule has 0 radical (unpaired) electrons. The minimum absolute atomic E-state index is 0.00156. The zero-order valence-electron chi connectivity index (χ0n) is 9.51. The Kier molecular flexibility index (Phi) is 3.57. The largest absolute Gasteiger partial charge is 0.484 e. The zero-order valence-corrected chi connectivity index (χ0v) is 10.3. The molecule has 0 spiro atoms. The van der Waals surface area contributed by atoms with Crippen LogP contribution < -0.4 is 4.74 Å². The van der Waals surface area contributed by atoms with Crippen LogP contribution in [0, 0.1) is 12.7 Å². The van der Waals surface area contributed by atoms with Crippen LogP contribution in [0.4, 0.5) is 4.39 Å². The summed E-state index contributed by atoms with van der Waals surface area (Å²) in [6.45, 7) is 1.69. The molecular weight excluding hydrogens is 257 g/mol. The fraction of sp³-hybridized carbons (Fsp3) is 0.167. The van der Waals surface area contributed by atoms with E-state index in [-0.39, 0.29) is 17.4 Å². The van der Waals surface area contributed by atoms with E-state index in [1.807, 2.05) is 0 Å². The first-order valence-corrected chi connectivity index (χ1v) is 6.01. The Labute approximate surface area is 107 Å². The maximum absolute atomic E-state index is 13.6. The van der Waals surface area contributed by atoms with Crippen LogP contribution in [0.5, 0.6) is 5.75 Å². The molecule has 0 unspecified atom stereocenters. The molecule has 0 aliphatic rings. The van der Waals surface area contributed by atoms with Gasteiger partial charge in [0.25, 0.3) is 0 Å². The predicted molar refractivity (Wildman–Crippen MR) is 64.5 cm³/mol. The molecule has 94 valence electrons. The summed E-state index contributed by atoms with van der Waals surface area (Å²) in [4.78, 5) is 14.5. The van der Waals surface area contributed by atoms with Crippen molar-refractivity contribution in [3.63, 3.8) is 0 Å². The lowest BCUT2D eigenvalue weighted by Gasteiger charge is -2.06. The highest BCUT2D eigenvalue weighted by Crippen LogP contribution is 2.21. The van der Waals surface area contributed by atoms with E-state index in [9.17, 15) is 9.18 Å². The van der Waals surface area contributed by atoms with E-state index in [0.717, 1.165) is 11.3 Å². The minimum Gasteiger partial charge on any atom is -0.484 e. The summed E-state index contributed by atoms with van der Waals surface area (Å²) in [6.07, 6.45) is 0. The van der Waals surface area contributed by atoms with Gasteiger partial charge in [-0.05, 0) is 18.6 Å². The number of hydrogen-bond acceptors (Lipinski definition) is 4. The highest BCUT2D eigenvalue weighted by Gasteiger charge is 2.10. The van der Waals surface area contributed by atoms with Crippen LogP contribution >= 0.6 is 11.3 Å². The lowest BCUT2D eigenvalue weighted by atomic mass is 10.2. The van der Waals surface area contributed by atoms with Gasteiger partial charge in [-0.2, -0.15) is 0 Å². The van der Waals surface area contributed by atoms with Gasteiger partial charge in [-0.15, -0.1) is 11.3 Å². The van der Waals surface area contributed by atoms with Crippen molar-refractivity contribution in [2.75, 3.05) is 0 Å². The summed E-state index contributed by atoms with van der Waals surface area (Å²) in [5.74, 6) is -1.35. The molecule has 1 heterocycles. The molecule has 0 aliphatic carbocycles. The third-order valence-corrected chi connectivity index (χ3v) is 3.15. The Morgan fingerprint density at radius 3 is 3.00 bits per heavy atom. The first-order chi connectivity index (χ1) is 8.58. The SMILES string of the molecule is Cc1cccc(OCc2csc(C(=O)O)n2)c1F. The molecule has 0 amide bonds. The number of rotatable bonds is 4. The van der Waals surface area contributed by atoms with E-state index in [1.165, 1.54) is 6.07 Å². The second kappa shape index (κ2) is 5.14. The smallest absolute Gasteiger partial charge is 0.365 e. The number of nitrogens with zero attached hydrogens (tertiary/aromatic N) is 1. The van der Waals surface area contributed by atoms with Crippen LogP contribution in [0.25, 0.3) is 0 Å². The summed E-state index contributed by atoms with van der Waals surface area (Å²) in [7, 11) is 0. The zero-order chi connectivity index (χ0) is 13.1. The van der Waals surface area contributed by atoms with Gasteiger partial charge in [-0.3, -0.25) is 0 Å². The highest BCUT2D eigenvalue weighted by atomic mass is 32.1. The van der Waals surface area contributed by atoms with Gasteiger partial charge in [0.2, 0.25) is 5.01 Å². The van der Waals surface area contributed by atoms with Crippen LogP contribution in [0.15, 0.2) is 23.6 Å². The van der Waals surface area contributed by atoms with E-state index in [0.29, 0.717) is 11.3 Å². The van der Waals surface area contributed by atoms with Gasteiger partial charge in [0, 0.05) is 5.38 Å². The van der Waals surface area contributed by atoms with E-state index >= 15 is 0 Å². The molecule has 0 saturated carbocycles. The Morgan fingerprint density at radius 2 is 2.33 bits per heavy atom.